The van der Waals surface area contributed by atoms with Crippen molar-refractivity contribution in [1.82, 2.24) is 0 Å². The molecule has 0 saturated carbocycles. The Morgan fingerprint density at radius 1 is 1.25 bits per heavy atom. The normalized spacial score (nSPS) is 4.50. The summed E-state index contributed by atoms with van der Waals surface area (Å²) >= 11 is 3.55. The number of hydrogen-bond donors (Lipinski definition) is 0. The summed E-state index contributed by atoms with van der Waals surface area (Å²) in [5.41, 5.74) is 0. The summed E-state index contributed by atoms with van der Waals surface area (Å²) in [6, 6.07) is 0. The van der Waals surface area contributed by atoms with E-state index in [0.29, 0.717) is 0 Å². The van der Waals surface area contributed by atoms with Crippen molar-refractivity contribution in [2.24, 2.45) is 0 Å². The van der Waals surface area contributed by atoms with E-state index < -0.39 is 0 Å². The molecule has 0 aliphatic carbocycles. The summed E-state index contributed by atoms with van der Waals surface area (Å²) in [6.07, 6.45) is 0. The third-order valence-corrected chi connectivity index (χ3v) is 0. The van der Waals surface area contributed by atoms with Gasteiger partial charge < -0.3 is 0 Å². The van der Waals surface area contributed by atoms with Crippen molar-refractivity contribution in [1.29, 1.82) is 0 Å². The molecule has 0 N–H and O–H groups in total. The Hall–Kier alpha value is 2.13. The first-order valence-electron chi connectivity index (χ1n) is 0.309. The van der Waals surface area contributed by atoms with Crippen LogP contribution in [0.15, 0.2) is 0 Å². The second-order valence-electron chi connectivity index (χ2n) is 0.0583. The Bertz CT molecular complexity index is 6.00. The molecule has 0 radical (unpaired) electrons. The Labute approximate surface area is 68.1 Å². The monoisotopic (exact) mass is 318 g/mol. The minimum absolute atomic E-state index is 0. The van der Waals surface area contributed by atoms with Crippen molar-refractivity contribution >= 4 is 46.0 Å². The minimum atomic E-state index is 0. The van der Waals surface area contributed by atoms with Crippen LogP contribution < -0.4 is 0 Å². The third-order valence-electron chi connectivity index (χ3n) is 0. The fourth-order valence-electron chi connectivity index (χ4n) is 0. The average Bonchev–Trinajstić information content (AvgIpc) is 0.918. The van der Waals surface area contributed by atoms with E-state index in [4.69, 9.17) is 0 Å². The van der Waals surface area contributed by atoms with Gasteiger partial charge in [0.2, 0.25) is 0 Å². The fourth-order valence-corrected chi connectivity index (χ4v) is 0. The van der Waals surface area contributed by atoms with E-state index in [-0.39, 0.29) is 21.7 Å². The summed E-state index contributed by atoms with van der Waals surface area (Å²) < 4.78 is 4.19. The smallest absolute Gasteiger partial charge is 0.124 e. The zero-order chi connectivity index (χ0) is 2.71. The minimum Gasteiger partial charge on any atom is -0.247 e. The summed E-state index contributed by atoms with van der Waals surface area (Å²) in [4.78, 5) is 0. The van der Waals surface area contributed by atoms with Crippen LogP contribution in [0.2, 0.25) is 0 Å². The van der Waals surface area contributed by atoms with Gasteiger partial charge in [-0.1, -0.05) is 0 Å². The number of halogens is 2. The first-order chi connectivity index (χ1) is 1.41. The molecule has 24 valence electrons. The molecule has 0 unspecified atom stereocenters. The van der Waals surface area contributed by atoms with Crippen LogP contribution in [0.25, 0.3) is 0 Å². The van der Waals surface area contributed by atoms with Crippen molar-refractivity contribution in [2.45, 2.75) is 0 Å². The SMILES string of the molecule is IOI.[Ti]. The van der Waals surface area contributed by atoms with Crippen LogP contribution in [0.4, 0.5) is 0 Å². The van der Waals surface area contributed by atoms with E-state index in [1.54, 1.807) is 46.0 Å². The quantitative estimate of drug-likeness (QED) is 0.488. The van der Waals surface area contributed by atoms with Crippen LogP contribution in [-0.2, 0) is 23.1 Å². The topological polar surface area (TPSA) is 9.23 Å². The van der Waals surface area contributed by atoms with Gasteiger partial charge in [0.15, 0.2) is 0 Å². The maximum atomic E-state index is 4.19. The summed E-state index contributed by atoms with van der Waals surface area (Å²) in [7, 11) is 0. The number of rotatable bonds is 0. The van der Waals surface area contributed by atoms with Gasteiger partial charge in [-0.2, -0.15) is 0 Å². The molecule has 0 amide bonds. The van der Waals surface area contributed by atoms with Gasteiger partial charge in [0.1, 0.15) is 46.0 Å². The van der Waals surface area contributed by atoms with Crippen molar-refractivity contribution in [3.05, 3.63) is 0 Å². The molecule has 0 aromatic heterocycles. The molecule has 0 aromatic carbocycles. The fraction of sp³-hybridized carbons (Fsp3) is 0. The first-order valence-corrected chi connectivity index (χ1v) is 2.07. The Balaban J connectivity index is 0. The van der Waals surface area contributed by atoms with Gasteiger partial charge >= 0.3 is 0 Å². The van der Waals surface area contributed by atoms with Crippen molar-refractivity contribution < 1.29 is 23.1 Å². The van der Waals surface area contributed by atoms with E-state index >= 15 is 0 Å². The predicted octanol–water partition coefficient (Wildman–Crippen LogP) is 1.70. The maximum absolute atomic E-state index is 4.19. The van der Waals surface area contributed by atoms with Crippen molar-refractivity contribution in [2.75, 3.05) is 0 Å². The molecule has 0 atom stereocenters. The Kier molecular flexibility index (Phi) is 21.1. The van der Waals surface area contributed by atoms with Crippen LogP contribution in [0.1, 0.15) is 0 Å². The van der Waals surface area contributed by atoms with E-state index in [2.05, 4.69) is 1.40 Å². The van der Waals surface area contributed by atoms with Crippen molar-refractivity contribution in [3.63, 3.8) is 0 Å². The van der Waals surface area contributed by atoms with Gasteiger partial charge in [0, 0.05) is 21.7 Å². The van der Waals surface area contributed by atoms with Gasteiger partial charge in [-0.3, -0.25) is 0 Å². The van der Waals surface area contributed by atoms with Gasteiger partial charge in [-0.05, 0) is 0 Å². The molecule has 0 heterocycles. The van der Waals surface area contributed by atoms with E-state index in [1.807, 2.05) is 0 Å². The molecule has 4 heteroatoms. The van der Waals surface area contributed by atoms with Gasteiger partial charge in [0.25, 0.3) is 0 Å². The third kappa shape index (κ3) is 8.92. The molecule has 0 spiro atoms. The van der Waals surface area contributed by atoms with Gasteiger partial charge in [0.05, 0.1) is 0 Å². The molecule has 0 aliphatic heterocycles. The average molecular weight is 318 g/mol. The van der Waals surface area contributed by atoms with E-state index in [9.17, 15) is 0 Å². The largest absolute Gasteiger partial charge is 0.247 e. The molecule has 0 rings (SSSR count). The molecule has 0 aromatic rings. The molecule has 0 aliphatic rings. The number of hydrogen-bond acceptors (Lipinski definition) is 1. The molecule has 1 nitrogen and oxygen atoms in total. The molecular weight excluding hydrogens is 318 g/mol. The standard InChI is InChI=1S/I2O.Ti/c1-3-2;. The summed E-state index contributed by atoms with van der Waals surface area (Å²) in [6.45, 7) is 0. The second-order valence-corrected chi connectivity index (χ2v) is 2.62. The predicted molar refractivity (Wildman–Crippen MR) is 29.1 cm³/mol. The van der Waals surface area contributed by atoms with Gasteiger partial charge in [-0.15, -0.1) is 0 Å². The van der Waals surface area contributed by atoms with Crippen LogP contribution >= 0.6 is 46.0 Å². The maximum Gasteiger partial charge on any atom is 0.124 e. The van der Waals surface area contributed by atoms with E-state index in [1.165, 1.54) is 0 Å². The molecular formula is I2OTi. The molecule has 0 fully saturated rings. The molecule has 0 saturated heterocycles. The molecule has 4 heavy (non-hydrogen) atoms. The Morgan fingerprint density at radius 3 is 1.25 bits per heavy atom. The van der Waals surface area contributed by atoms with Crippen molar-refractivity contribution in [3.8, 4) is 0 Å². The second kappa shape index (κ2) is 8.93. The van der Waals surface area contributed by atoms with Crippen LogP contribution in [0.5, 0.6) is 0 Å². The summed E-state index contributed by atoms with van der Waals surface area (Å²) in [5.74, 6) is 0. The molecule has 0 bridgehead atoms. The van der Waals surface area contributed by atoms with Crippen LogP contribution in [0.3, 0.4) is 0 Å². The van der Waals surface area contributed by atoms with Crippen LogP contribution in [-0.4, -0.2) is 0 Å². The Morgan fingerprint density at radius 2 is 1.25 bits per heavy atom. The van der Waals surface area contributed by atoms with Gasteiger partial charge in [-0.25, -0.2) is 1.40 Å². The van der Waals surface area contributed by atoms with E-state index in [0.717, 1.165) is 0 Å². The zero-order valence-electron chi connectivity index (χ0n) is 1.66. The first kappa shape index (κ1) is 9.46. The zero-order valence-corrected chi connectivity index (χ0v) is 7.54. The van der Waals surface area contributed by atoms with Crippen LogP contribution in [0, 0.1) is 0 Å². The summed E-state index contributed by atoms with van der Waals surface area (Å²) in [5, 5.41) is 0.